The van der Waals surface area contributed by atoms with Gasteiger partial charge in [-0.15, -0.1) is 0 Å². The Kier molecular flexibility index (Phi) is 4.06. The van der Waals surface area contributed by atoms with Crippen LogP contribution in [0, 0.1) is 5.92 Å². The van der Waals surface area contributed by atoms with Crippen molar-refractivity contribution in [3.63, 3.8) is 0 Å². The monoisotopic (exact) mass is 325 g/mol. The van der Waals surface area contributed by atoms with Gasteiger partial charge >= 0.3 is 12.1 Å². The summed E-state index contributed by atoms with van der Waals surface area (Å²) >= 11 is 0. The smallest absolute Gasteiger partial charge is 0.416 e. The van der Waals surface area contributed by atoms with E-state index in [9.17, 15) is 18.0 Å². The molecule has 1 aromatic heterocycles. The second-order valence-corrected chi connectivity index (χ2v) is 5.40. The average Bonchev–Trinajstić information content (AvgIpc) is 3.16. The van der Waals surface area contributed by atoms with Gasteiger partial charge in [0.1, 0.15) is 19.3 Å². The van der Waals surface area contributed by atoms with Gasteiger partial charge in [0, 0.05) is 0 Å². The molecule has 0 saturated heterocycles. The number of alkyl halides is 3. The molecule has 1 aromatic carbocycles. The molecule has 0 N–H and O–H groups in total. The molecule has 0 radical (unpaired) electrons. The molecule has 122 valence electrons. The summed E-state index contributed by atoms with van der Waals surface area (Å²) in [5, 5.41) is 3.88. The van der Waals surface area contributed by atoms with Gasteiger partial charge in [-0.1, -0.05) is 18.2 Å². The predicted octanol–water partition coefficient (Wildman–Crippen LogP) is 2.64. The molecule has 8 heteroatoms. The summed E-state index contributed by atoms with van der Waals surface area (Å²) in [7, 11) is 0. The molecule has 0 amide bonds. The van der Waals surface area contributed by atoms with Crippen molar-refractivity contribution in [2.75, 3.05) is 6.61 Å². The highest BCUT2D eigenvalue weighted by atomic mass is 19.4. The van der Waals surface area contributed by atoms with E-state index in [1.807, 2.05) is 0 Å². The van der Waals surface area contributed by atoms with Crippen LogP contribution in [0.25, 0.3) is 0 Å². The quantitative estimate of drug-likeness (QED) is 0.793. The zero-order valence-electron chi connectivity index (χ0n) is 12.0. The van der Waals surface area contributed by atoms with Gasteiger partial charge in [0.15, 0.2) is 0 Å². The van der Waals surface area contributed by atoms with Crippen LogP contribution in [0.4, 0.5) is 13.2 Å². The van der Waals surface area contributed by atoms with Crippen molar-refractivity contribution in [3.8, 4) is 0 Å². The molecule has 0 bridgehead atoms. The Bertz CT molecular complexity index is 686. The minimum Gasteiger partial charge on any atom is -0.463 e. The first kappa shape index (κ1) is 15.5. The number of carbonyl (C=O) groups excluding carboxylic acids is 1. The van der Waals surface area contributed by atoms with Crippen molar-refractivity contribution in [1.29, 1.82) is 0 Å². The Labute approximate surface area is 130 Å². The summed E-state index contributed by atoms with van der Waals surface area (Å²) in [6, 6.07) is 5.11. The first-order chi connectivity index (χ1) is 10.9. The van der Waals surface area contributed by atoms with Crippen LogP contribution in [-0.2, 0) is 22.3 Å². The van der Waals surface area contributed by atoms with Gasteiger partial charge in [0.2, 0.25) is 0 Å². The Balaban J connectivity index is 1.53. The normalized spacial score (nSPS) is 20.3. The molecule has 0 aliphatic heterocycles. The molecule has 1 saturated carbocycles. The van der Waals surface area contributed by atoms with Crippen LogP contribution in [0.2, 0.25) is 0 Å². The fourth-order valence-electron chi connectivity index (χ4n) is 2.46. The van der Waals surface area contributed by atoms with Crippen LogP contribution in [0.3, 0.4) is 0 Å². The molecule has 0 unspecified atom stereocenters. The number of halogens is 3. The van der Waals surface area contributed by atoms with Crippen molar-refractivity contribution in [2.24, 2.45) is 5.92 Å². The molecule has 1 heterocycles. The van der Waals surface area contributed by atoms with Crippen LogP contribution in [0.15, 0.2) is 36.9 Å². The number of ether oxygens (including phenoxy) is 1. The highest BCUT2D eigenvalue weighted by molar-refractivity contribution is 5.77. The van der Waals surface area contributed by atoms with Gasteiger partial charge < -0.3 is 4.74 Å². The van der Waals surface area contributed by atoms with E-state index in [1.54, 1.807) is 6.07 Å². The number of benzene rings is 1. The van der Waals surface area contributed by atoms with Crippen molar-refractivity contribution in [2.45, 2.75) is 25.1 Å². The molecule has 5 nitrogen and oxygen atoms in total. The standard InChI is InChI=1S/C15H14F3N3O2/c16-15(17,18)11-3-1-2-10(6-11)12-7-13(12)14(22)23-5-4-21-9-19-8-20-21/h1-3,6,8-9,12-13H,4-5,7H2/t12-,13-/m1/s1. The summed E-state index contributed by atoms with van der Waals surface area (Å²) in [5.41, 5.74) is -0.168. The Morgan fingerprint density at radius 2 is 2.22 bits per heavy atom. The lowest BCUT2D eigenvalue weighted by atomic mass is 10.1. The minimum atomic E-state index is -4.38. The maximum Gasteiger partial charge on any atom is 0.416 e. The Morgan fingerprint density at radius 3 is 2.91 bits per heavy atom. The second-order valence-electron chi connectivity index (χ2n) is 5.40. The van der Waals surface area contributed by atoms with Crippen molar-refractivity contribution < 1.29 is 22.7 Å². The lowest BCUT2D eigenvalue weighted by molar-refractivity contribution is -0.145. The van der Waals surface area contributed by atoms with Gasteiger partial charge in [-0.05, 0) is 24.0 Å². The number of carbonyl (C=O) groups is 1. The third-order valence-electron chi connectivity index (χ3n) is 3.77. The first-order valence-corrected chi connectivity index (χ1v) is 7.11. The highest BCUT2D eigenvalue weighted by Crippen LogP contribution is 2.49. The number of hydrogen-bond acceptors (Lipinski definition) is 4. The number of hydrogen-bond donors (Lipinski definition) is 0. The van der Waals surface area contributed by atoms with E-state index >= 15 is 0 Å². The fourth-order valence-corrected chi connectivity index (χ4v) is 2.46. The molecule has 2 aromatic rings. The van der Waals surface area contributed by atoms with Crippen LogP contribution in [-0.4, -0.2) is 27.3 Å². The predicted molar refractivity (Wildman–Crippen MR) is 73.3 cm³/mol. The zero-order chi connectivity index (χ0) is 16.4. The highest BCUT2D eigenvalue weighted by Gasteiger charge is 2.45. The summed E-state index contributed by atoms with van der Waals surface area (Å²) in [6.07, 6.45) is -0.967. The van der Waals surface area contributed by atoms with Crippen LogP contribution >= 0.6 is 0 Å². The summed E-state index contributed by atoms with van der Waals surface area (Å²) in [4.78, 5) is 15.7. The molecule has 1 aliphatic carbocycles. The average molecular weight is 325 g/mol. The van der Waals surface area contributed by atoms with E-state index in [0.29, 0.717) is 18.5 Å². The van der Waals surface area contributed by atoms with Crippen LogP contribution in [0.1, 0.15) is 23.5 Å². The summed E-state index contributed by atoms with van der Waals surface area (Å²) in [5.74, 6) is -0.946. The maximum absolute atomic E-state index is 12.7. The number of esters is 1. The minimum absolute atomic E-state index is 0.161. The molecule has 2 atom stereocenters. The largest absolute Gasteiger partial charge is 0.463 e. The van der Waals surface area contributed by atoms with E-state index in [0.717, 1.165) is 12.1 Å². The van der Waals surface area contributed by atoms with Crippen LogP contribution < -0.4 is 0 Å². The molecular weight excluding hydrogens is 311 g/mol. The Hall–Kier alpha value is -2.38. The molecular formula is C15H14F3N3O2. The molecule has 23 heavy (non-hydrogen) atoms. The lowest BCUT2D eigenvalue weighted by Crippen LogP contribution is -2.13. The number of nitrogens with zero attached hydrogens (tertiary/aromatic N) is 3. The van der Waals surface area contributed by atoms with Crippen LogP contribution in [0.5, 0.6) is 0 Å². The van der Waals surface area contributed by atoms with E-state index in [1.165, 1.54) is 23.4 Å². The van der Waals surface area contributed by atoms with Crippen molar-refractivity contribution in [1.82, 2.24) is 14.8 Å². The Morgan fingerprint density at radius 1 is 1.39 bits per heavy atom. The summed E-state index contributed by atoms with van der Waals surface area (Å²) in [6.45, 7) is 0.556. The van der Waals surface area contributed by atoms with E-state index in [4.69, 9.17) is 4.74 Å². The molecule has 1 fully saturated rings. The third-order valence-corrected chi connectivity index (χ3v) is 3.77. The molecule has 0 spiro atoms. The lowest BCUT2D eigenvalue weighted by Gasteiger charge is -2.08. The van der Waals surface area contributed by atoms with Gasteiger partial charge in [-0.25, -0.2) is 9.67 Å². The van der Waals surface area contributed by atoms with Crippen molar-refractivity contribution >= 4 is 5.97 Å². The van der Waals surface area contributed by atoms with Crippen molar-refractivity contribution in [3.05, 3.63) is 48.0 Å². The van der Waals surface area contributed by atoms with Gasteiger partial charge in [-0.2, -0.15) is 18.3 Å². The SMILES string of the molecule is O=C(OCCn1cncn1)[C@@H]1C[C@@H]1c1cccc(C(F)(F)F)c1. The van der Waals surface area contributed by atoms with E-state index in [2.05, 4.69) is 10.1 Å². The number of aromatic nitrogens is 3. The third kappa shape index (κ3) is 3.69. The van der Waals surface area contributed by atoms with Gasteiger partial charge in [0.25, 0.3) is 0 Å². The van der Waals surface area contributed by atoms with Gasteiger partial charge in [-0.3, -0.25) is 4.79 Å². The second kappa shape index (κ2) is 6.02. The molecule has 1 aliphatic rings. The maximum atomic E-state index is 12.7. The van der Waals surface area contributed by atoms with E-state index < -0.39 is 11.7 Å². The zero-order valence-corrected chi connectivity index (χ0v) is 12.0. The topological polar surface area (TPSA) is 57.0 Å². The summed E-state index contributed by atoms with van der Waals surface area (Å²) < 4.78 is 44.8. The number of rotatable bonds is 5. The first-order valence-electron chi connectivity index (χ1n) is 7.11. The van der Waals surface area contributed by atoms with E-state index in [-0.39, 0.29) is 24.4 Å². The molecule has 3 rings (SSSR count). The van der Waals surface area contributed by atoms with Gasteiger partial charge in [0.05, 0.1) is 18.0 Å². The fraction of sp³-hybridized carbons (Fsp3) is 0.400.